The van der Waals surface area contributed by atoms with E-state index in [1.165, 1.54) is 4.90 Å². The highest BCUT2D eigenvalue weighted by molar-refractivity contribution is 5.90. The molecule has 0 aromatic rings. The van der Waals surface area contributed by atoms with Gasteiger partial charge in [-0.15, -0.1) is 0 Å². The second-order valence-electron chi connectivity index (χ2n) is 4.02. The Balaban J connectivity index is 4.64. The third-order valence-corrected chi connectivity index (χ3v) is 2.46. The minimum Gasteiger partial charge on any atom is -0.387 e. The van der Waals surface area contributed by atoms with Crippen molar-refractivity contribution in [2.24, 2.45) is 5.92 Å². The van der Waals surface area contributed by atoms with E-state index < -0.39 is 18.6 Å². The number of carbonyl (C=O) groups excluding carboxylic acids is 2. The standard InChI is InChI=1S/C11H21NO3/c1-5-6-9(11(15)8(2)3)12(4)10(14)7-13/h8-9,13H,5-7H2,1-4H3. The Labute approximate surface area is 91.3 Å². The Bertz CT molecular complexity index is 226. The summed E-state index contributed by atoms with van der Waals surface area (Å²) in [5.74, 6) is -0.431. The lowest BCUT2D eigenvalue weighted by Gasteiger charge is -2.27. The highest BCUT2D eigenvalue weighted by Crippen LogP contribution is 2.12. The second-order valence-corrected chi connectivity index (χ2v) is 4.02. The van der Waals surface area contributed by atoms with Crippen molar-refractivity contribution >= 4 is 11.7 Å². The first-order valence-electron chi connectivity index (χ1n) is 5.35. The van der Waals surface area contributed by atoms with Crippen LogP contribution in [0.2, 0.25) is 0 Å². The highest BCUT2D eigenvalue weighted by atomic mass is 16.3. The summed E-state index contributed by atoms with van der Waals surface area (Å²) in [4.78, 5) is 24.5. The van der Waals surface area contributed by atoms with Gasteiger partial charge in [-0.3, -0.25) is 9.59 Å². The van der Waals surface area contributed by atoms with Crippen molar-refractivity contribution in [2.45, 2.75) is 39.7 Å². The molecule has 0 aliphatic heterocycles. The number of amides is 1. The fourth-order valence-electron chi connectivity index (χ4n) is 1.47. The molecule has 15 heavy (non-hydrogen) atoms. The van der Waals surface area contributed by atoms with Crippen molar-refractivity contribution in [1.82, 2.24) is 4.90 Å². The monoisotopic (exact) mass is 215 g/mol. The predicted octanol–water partition coefficient (Wildman–Crippen LogP) is 0.831. The molecule has 1 amide bonds. The molecule has 0 radical (unpaired) electrons. The summed E-state index contributed by atoms with van der Waals surface area (Å²) in [5.41, 5.74) is 0. The summed E-state index contributed by atoms with van der Waals surface area (Å²) in [5, 5.41) is 8.74. The predicted molar refractivity (Wildman–Crippen MR) is 58.4 cm³/mol. The minimum atomic E-state index is -0.540. The lowest BCUT2D eigenvalue weighted by atomic mass is 9.97. The van der Waals surface area contributed by atoms with Gasteiger partial charge in [0.05, 0.1) is 6.04 Å². The molecule has 0 saturated heterocycles. The summed E-state index contributed by atoms with van der Waals surface area (Å²) < 4.78 is 0. The third kappa shape index (κ3) is 4.00. The quantitative estimate of drug-likeness (QED) is 0.714. The number of rotatable bonds is 6. The molecule has 1 N–H and O–H groups in total. The van der Waals surface area contributed by atoms with E-state index in [0.29, 0.717) is 6.42 Å². The Kier molecular flexibility index (Phi) is 6.17. The fourth-order valence-corrected chi connectivity index (χ4v) is 1.47. The molecule has 88 valence electrons. The van der Waals surface area contributed by atoms with Crippen molar-refractivity contribution in [3.63, 3.8) is 0 Å². The van der Waals surface area contributed by atoms with Crippen LogP contribution in [0.1, 0.15) is 33.6 Å². The van der Waals surface area contributed by atoms with E-state index in [9.17, 15) is 9.59 Å². The van der Waals surface area contributed by atoms with Crippen molar-refractivity contribution in [1.29, 1.82) is 0 Å². The normalized spacial score (nSPS) is 12.7. The van der Waals surface area contributed by atoms with Gasteiger partial charge in [0, 0.05) is 13.0 Å². The number of likely N-dealkylation sites (N-methyl/N-ethyl adjacent to an activating group) is 1. The van der Waals surface area contributed by atoms with Gasteiger partial charge in [0.2, 0.25) is 5.91 Å². The van der Waals surface area contributed by atoms with Crippen LogP contribution in [-0.2, 0) is 9.59 Å². The molecule has 0 aromatic carbocycles. The van der Waals surface area contributed by atoms with Crippen LogP contribution in [0.4, 0.5) is 0 Å². The first-order valence-corrected chi connectivity index (χ1v) is 5.35. The molecule has 4 nitrogen and oxygen atoms in total. The van der Waals surface area contributed by atoms with E-state index in [1.807, 2.05) is 20.8 Å². The van der Waals surface area contributed by atoms with Gasteiger partial charge in [0.15, 0.2) is 5.78 Å². The second kappa shape index (κ2) is 6.56. The van der Waals surface area contributed by atoms with Crippen LogP contribution in [0.3, 0.4) is 0 Å². The first kappa shape index (κ1) is 14.1. The van der Waals surface area contributed by atoms with Gasteiger partial charge in [-0.05, 0) is 6.42 Å². The zero-order valence-electron chi connectivity index (χ0n) is 9.99. The average Bonchev–Trinajstić information content (AvgIpc) is 2.22. The minimum absolute atomic E-state index is 0.0566. The largest absolute Gasteiger partial charge is 0.387 e. The number of carbonyl (C=O) groups is 2. The Hall–Kier alpha value is -0.900. The number of nitrogens with zero attached hydrogens (tertiary/aromatic N) is 1. The van der Waals surface area contributed by atoms with Crippen LogP contribution < -0.4 is 0 Å². The maximum Gasteiger partial charge on any atom is 0.248 e. The van der Waals surface area contributed by atoms with Gasteiger partial charge in [-0.1, -0.05) is 27.2 Å². The van der Waals surface area contributed by atoms with Crippen molar-refractivity contribution in [2.75, 3.05) is 13.7 Å². The third-order valence-electron chi connectivity index (χ3n) is 2.46. The summed E-state index contributed by atoms with van der Waals surface area (Å²) >= 11 is 0. The number of aliphatic hydroxyl groups is 1. The van der Waals surface area contributed by atoms with Crippen LogP contribution in [0.5, 0.6) is 0 Å². The number of hydrogen-bond acceptors (Lipinski definition) is 3. The maximum absolute atomic E-state index is 11.8. The summed E-state index contributed by atoms with van der Waals surface area (Å²) in [6.45, 7) is 5.07. The maximum atomic E-state index is 11.8. The van der Waals surface area contributed by atoms with Crippen molar-refractivity contribution in [3.8, 4) is 0 Å². The molecule has 0 fully saturated rings. The lowest BCUT2D eigenvalue weighted by molar-refractivity contribution is -0.141. The lowest BCUT2D eigenvalue weighted by Crippen LogP contribution is -2.45. The van der Waals surface area contributed by atoms with Crippen LogP contribution in [0.15, 0.2) is 0 Å². The SMILES string of the molecule is CCCC(C(=O)C(C)C)N(C)C(=O)CO. The van der Waals surface area contributed by atoms with Crippen molar-refractivity contribution in [3.05, 3.63) is 0 Å². The number of ketones is 1. The van der Waals surface area contributed by atoms with E-state index >= 15 is 0 Å². The Morgan fingerprint density at radius 3 is 2.20 bits per heavy atom. The smallest absolute Gasteiger partial charge is 0.248 e. The van der Waals surface area contributed by atoms with E-state index in [1.54, 1.807) is 7.05 Å². The Morgan fingerprint density at radius 1 is 1.33 bits per heavy atom. The van der Waals surface area contributed by atoms with Crippen LogP contribution in [0.25, 0.3) is 0 Å². The van der Waals surface area contributed by atoms with Gasteiger partial charge in [-0.25, -0.2) is 0 Å². The molecule has 0 rings (SSSR count). The van der Waals surface area contributed by atoms with Gasteiger partial charge in [0.25, 0.3) is 0 Å². The summed E-state index contributed by atoms with van der Waals surface area (Å²) in [6, 6.07) is -0.394. The molecule has 0 heterocycles. The van der Waals surface area contributed by atoms with E-state index in [-0.39, 0.29) is 11.7 Å². The summed E-state index contributed by atoms with van der Waals surface area (Å²) in [7, 11) is 1.57. The number of Topliss-reactive ketones (excluding diaryl/α,β-unsaturated/α-hetero) is 1. The molecule has 1 unspecified atom stereocenters. The molecule has 0 aliphatic rings. The molecular formula is C11H21NO3. The molecule has 0 aliphatic carbocycles. The zero-order chi connectivity index (χ0) is 12.0. The van der Waals surface area contributed by atoms with Crippen molar-refractivity contribution < 1.29 is 14.7 Å². The molecule has 1 atom stereocenters. The van der Waals surface area contributed by atoms with Crippen LogP contribution >= 0.6 is 0 Å². The zero-order valence-corrected chi connectivity index (χ0v) is 9.99. The Morgan fingerprint density at radius 2 is 1.87 bits per heavy atom. The fraction of sp³-hybridized carbons (Fsp3) is 0.818. The molecule has 0 saturated carbocycles. The number of hydrogen-bond donors (Lipinski definition) is 1. The molecule has 0 bridgehead atoms. The molecular weight excluding hydrogens is 194 g/mol. The van der Waals surface area contributed by atoms with E-state index in [4.69, 9.17) is 5.11 Å². The van der Waals surface area contributed by atoms with E-state index in [0.717, 1.165) is 6.42 Å². The van der Waals surface area contributed by atoms with Crippen LogP contribution in [0, 0.1) is 5.92 Å². The number of aliphatic hydroxyl groups excluding tert-OH is 1. The van der Waals surface area contributed by atoms with Gasteiger partial charge in [-0.2, -0.15) is 0 Å². The topological polar surface area (TPSA) is 57.6 Å². The van der Waals surface area contributed by atoms with Gasteiger partial charge >= 0.3 is 0 Å². The molecule has 0 aromatic heterocycles. The van der Waals surface area contributed by atoms with Gasteiger partial charge < -0.3 is 10.0 Å². The van der Waals surface area contributed by atoms with Gasteiger partial charge in [0.1, 0.15) is 6.61 Å². The first-order chi connectivity index (χ1) is 6.95. The molecule has 4 heteroatoms. The van der Waals surface area contributed by atoms with E-state index in [2.05, 4.69) is 0 Å². The average molecular weight is 215 g/mol. The highest BCUT2D eigenvalue weighted by Gasteiger charge is 2.26. The van der Waals surface area contributed by atoms with Crippen LogP contribution in [-0.4, -0.2) is 41.4 Å². The summed E-state index contributed by atoms with van der Waals surface area (Å²) in [6.07, 6.45) is 1.49. The molecule has 0 spiro atoms.